The molecule has 1 aliphatic heterocycles. The van der Waals surface area contributed by atoms with Crippen molar-refractivity contribution < 1.29 is 23.9 Å². The largest absolute Gasteiger partial charge is 0.466 e. The topological polar surface area (TPSA) is 85.8 Å². The zero-order valence-electron chi connectivity index (χ0n) is 15.8. The fraction of sp³-hybridized carbons (Fsp3) is 0.500. The smallest absolute Gasteiger partial charge is 0.339 e. The molecule has 0 radical (unpaired) electrons. The number of hydrogen-bond donors (Lipinski definition) is 0. The van der Waals surface area contributed by atoms with Gasteiger partial charge in [0.15, 0.2) is 0 Å². The second kappa shape index (κ2) is 7.90. The zero-order valence-corrected chi connectivity index (χ0v) is 15.8. The Kier molecular flexibility index (Phi) is 5.58. The van der Waals surface area contributed by atoms with Crippen molar-refractivity contribution in [1.82, 2.24) is 9.88 Å². The predicted octanol–water partition coefficient (Wildman–Crippen LogP) is 1.94. The number of ether oxygens (including phenoxy) is 2. The Morgan fingerprint density at radius 1 is 1.19 bits per heavy atom. The van der Waals surface area contributed by atoms with Crippen molar-refractivity contribution in [2.24, 2.45) is 23.7 Å². The van der Waals surface area contributed by atoms with Gasteiger partial charge < -0.3 is 14.4 Å². The van der Waals surface area contributed by atoms with Crippen LogP contribution in [0, 0.1) is 23.7 Å². The first-order chi connectivity index (χ1) is 13.0. The maximum atomic E-state index is 12.9. The minimum Gasteiger partial charge on any atom is -0.466 e. The second-order valence-corrected chi connectivity index (χ2v) is 7.01. The molecule has 0 N–H and O–H groups in total. The maximum Gasteiger partial charge on any atom is 0.339 e. The van der Waals surface area contributed by atoms with Crippen LogP contribution in [0.15, 0.2) is 30.6 Å². The third kappa shape index (κ3) is 3.72. The minimum absolute atomic E-state index is 0.0322. The molecule has 0 unspecified atom stereocenters. The quantitative estimate of drug-likeness (QED) is 0.593. The summed E-state index contributed by atoms with van der Waals surface area (Å²) in [6, 6.07) is 1.49. The maximum absolute atomic E-state index is 12.9. The predicted molar refractivity (Wildman–Crippen MR) is 96.9 cm³/mol. The summed E-state index contributed by atoms with van der Waals surface area (Å²) in [5, 5.41) is 0. The highest BCUT2D eigenvalue weighted by Crippen LogP contribution is 2.40. The lowest BCUT2D eigenvalue weighted by Gasteiger charge is -2.31. The van der Waals surface area contributed by atoms with Crippen LogP contribution in [0.4, 0.5) is 0 Å². The second-order valence-electron chi connectivity index (χ2n) is 7.01. The number of carbonyl (C=O) groups is 3. The van der Waals surface area contributed by atoms with Crippen LogP contribution >= 0.6 is 0 Å². The summed E-state index contributed by atoms with van der Waals surface area (Å²) in [6.45, 7) is 5.15. The van der Waals surface area contributed by atoms with Gasteiger partial charge in [0.05, 0.1) is 30.8 Å². The molecule has 1 aliphatic carbocycles. The number of pyridine rings is 1. The van der Waals surface area contributed by atoms with Gasteiger partial charge in [0.1, 0.15) is 0 Å². The van der Waals surface area contributed by atoms with Gasteiger partial charge in [0.25, 0.3) is 5.91 Å². The zero-order chi connectivity index (χ0) is 19.6. The summed E-state index contributed by atoms with van der Waals surface area (Å²) in [4.78, 5) is 42.7. The van der Waals surface area contributed by atoms with Crippen molar-refractivity contribution in [2.75, 3.05) is 26.8 Å². The van der Waals surface area contributed by atoms with E-state index < -0.39 is 5.97 Å². The van der Waals surface area contributed by atoms with E-state index in [1.54, 1.807) is 11.8 Å². The normalized spacial score (nSPS) is 26.4. The van der Waals surface area contributed by atoms with Gasteiger partial charge in [-0.05, 0) is 30.7 Å². The number of aromatic nitrogens is 1. The van der Waals surface area contributed by atoms with Crippen LogP contribution < -0.4 is 0 Å². The van der Waals surface area contributed by atoms with Gasteiger partial charge in [-0.1, -0.05) is 19.1 Å². The number of carbonyl (C=O) groups excluding carboxylic acids is 3. The van der Waals surface area contributed by atoms with Crippen LogP contribution in [0.1, 0.15) is 34.6 Å². The lowest BCUT2D eigenvalue weighted by atomic mass is 9.72. The van der Waals surface area contributed by atoms with Gasteiger partial charge in [0, 0.05) is 25.5 Å². The molecule has 0 bridgehead atoms. The molecule has 0 aromatic carbocycles. The van der Waals surface area contributed by atoms with Crippen molar-refractivity contribution in [3.05, 3.63) is 41.7 Å². The summed E-state index contributed by atoms with van der Waals surface area (Å²) in [6.07, 6.45) is 6.95. The molecule has 144 valence electrons. The number of esters is 2. The highest BCUT2D eigenvalue weighted by molar-refractivity contribution is 5.97. The Morgan fingerprint density at radius 3 is 2.63 bits per heavy atom. The molecule has 0 saturated carbocycles. The van der Waals surface area contributed by atoms with Crippen LogP contribution in [-0.2, 0) is 14.3 Å². The summed E-state index contributed by atoms with van der Waals surface area (Å²) < 4.78 is 9.94. The Balaban J connectivity index is 1.79. The van der Waals surface area contributed by atoms with Crippen molar-refractivity contribution >= 4 is 17.8 Å². The fourth-order valence-corrected chi connectivity index (χ4v) is 4.03. The van der Waals surface area contributed by atoms with Crippen LogP contribution in [-0.4, -0.2) is 54.5 Å². The standard InChI is InChI=1S/C20H24N2O5/c1-4-27-20(25)17-12(2)5-6-13-10-22(11-16(13)17)18(23)14-7-15(9-21-8-14)19(24)26-3/h5-9,12-13,16-17H,4,10-11H2,1-3H3/t12-,13-,16-,17-/m0/s1. The van der Waals surface area contributed by atoms with Gasteiger partial charge in [-0.3, -0.25) is 14.6 Å². The molecule has 7 heteroatoms. The summed E-state index contributed by atoms with van der Waals surface area (Å²) in [5.41, 5.74) is 0.569. The van der Waals surface area contributed by atoms with Crippen molar-refractivity contribution in [2.45, 2.75) is 13.8 Å². The molecule has 1 saturated heterocycles. The number of fused-ring (bicyclic) bond motifs is 1. The molecule has 1 aromatic heterocycles. The van der Waals surface area contributed by atoms with E-state index in [2.05, 4.69) is 15.8 Å². The van der Waals surface area contributed by atoms with E-state index in [-0.39, 0.29) is 41.1 Å². The summed E-state index contributed by atoms with van der Waals surface area (Å²) in [7, 11) is 1.28. The highest BCUT2D eigenvalue weighted by atomic mass is 16.5. The SMILES string of the molecule is CCOC(=O)[C@@H]1[C@H]2CN(C(=O)c3cncc(C(=O)OC)c3)C[C@@H]2C=C[C@@H]1C. The van der Waals surface area contributed by atoms with E-state index in [0.717, 1.165) is 0 Å². The van der Waals surface area contributed by atoms with Crippen molar-refractivity contribution in [3.8, 4) is 0 Å². The fourth-order valence-electron chi connectivity index (χ4n) is 4.03. The van der Waals surface area contributed by atoms with Crippen LogP contribution in [0.5, 0.6) is 0 Å². The van der Waals surface area contributed by atoms with E-state index >= 15 is 0 Å². The third-order valence-electron chi connectivity index (χ3n) is 5.35. The van der Waals surface area contributed by atoms with E-state index in [9.17, 15) is 14.4 Å². The van der Waals surface area contributed by atoms with Gasteiger partial charge in [-0.15, -0.1) is 0 Å². The Labute approximate surface area is 158 Å². The molecule has 3 rings (SSSR count). The molecule has 2 aliphatic rings. The average molecular weight is 372 g/mol. The van der Waals surface area contributed by atoms with E-state index in [0.29, 0.717) is 25.3 Å². The lowest BCUT2D eigenvalue weighted by molar-refractivity contribution is -0.152. The number of methoxy groups -OCH3 is 1. The molecular weight excluding hydrogens is 348 g/mol. The van der Waals surface area contributed by atoms with Gasteiger partial charge >= 0.3 is 11.9 Å². The molecular formula is C20H24N2O5. The number of rotatable bonds is 4. The average Bonchev–Trinajstić information content (AvgIpc) is 3.10. The first-order valence-corrected chi connectivity index (χ1v) is 9.13. The van der Waals surface area contributed by atoms with Crippen LogP contribution in [0.3, 0.4) is 0 Å². The van der Waals surface area contributed by atoms with Gasteiger partial charge in [-0.25, -0.2) is 4.79 Å². The molecule has 0 spiro atoms. The molecule has 1 fully saturated rings. The summed E-state index contributed by atoms with van der Waals surface area (Å²) in [5.74, 6) is -0.964. The van der Waals surface area contributed by atoms with Crippen LogP contribution in [0.2, 0.25) is 0 Å². The highest BCUT2D eigenvalue weighted by Gasteiger charge is 2.46. The van der Waals surface area contributed by atoms with Crippen LogP contribution in [0.25, 0.3) is 0 Å². The van der Waals surface area contributed by atoms with Crippen molar-refractivity contribution in [1.29, 1.82) is 0 Å². The van der Waals surface area contributed by atoms with E-state index in [1.165, 1.54) is 25.6 Å². The first-order valence-electron chi connectivity index (χ1n) is 9.13. The molecule has 1 amide bonds. The minimum atomic E-state index is -0.536. The lowest BCUT2D eigenvalue weighted by Crippen LogP contribution is -2.37. The van der Waals surface area contributed by atoms with E-state index in [1.807, 2.05) is 13.0 Å². The van der Waals surface area contributed by atoms with E-state index in [4.69, 9.17) is 4.74 Å². The van der Waals surface area contributed by atoms with Crippen molar-refractivity contribution in [3.63, 3.8) is 0 Å². The number of amides is 1. The number of allylic oxidation sites excluding steroid dienone is 1. The molecule has 7 nitrogen and oxygen atoms in total. The number of hydrogen-bond acceptors (Lipinski definition) is 6. The number of likely N-dealkylation sites (tertiary alicyclic amines) is 1. The Hall–Kier alpha value is -2.70. The Bertz CT molecular complexity index is 775. The third-order valence-corrected chi connectivity index (χ3v) is 5.35. The number of nitrogens with zero attached hydrogens (tertiary/aromatic N) is 2. The van der Waals surface area contributed by atoms with Gasteiger partial charge in [-0.2, -0.15) is 0 Å². The van der Waals surface area contributed by atoms with Gasteiger partial charge in [0.2, 0.25) is 0 Å². The first kappa shape index (κ1) is 19.1. The Morgan fingerprint density at radius 2 is 1.93 bits per heavy atom. The molecule has 2 heterocycles. The summed E-state index contributed by atoms with van der Waals surface area (Å²) >= 11 is 0. The monoisotopic (exact) mass is 372 g/mol. The molecule has 27 heavy (non-hydrogen) atoms. The molecule has 1 aromatic rings. The molecule has 4 atom stereocenters.